The van der Waals surface area contributed by atoms with Gasteiger partial charge in [-0.25, -0.2) is 0 Å². The third kappa shape index (κ3) is 3.82. The Labute approximate surface area is 112 Å². The van der Waals surface area contributed by atoms with Crippen molar-refractivity contribution >= 4 is 0 Å². The summed E-state index contributed by atoms with van der Waals surface area (Å²) in [5.41, 5.74) is 9.94. The van der Waals surface area contributed by atoms with Crippen LogP contribution in [-0.2, 0) is 0 Å². The van der Waals surface area contributed by atoms with Gasteiger partial charge in [-0.3, -0.25) is 0 Å². The third-order valence-corrected chi connectivity index (χ3v) is 3.73. The summed E-state index contributed by atoms with van der Waals surface area (Å²) in [6.45, 7) is 9.64. The first-order valence-electron chi connectivity index (χ1n) is 6.97. The number of nitrogens with two attached hydrogens (primary N) is 1. The summed E-state index contributed by atoms with van der Waals surface area (Å²) >= 11 is 0. The van der Waals surface area contributed by atoms with E-state index in [1.54, 1.807) is 0 Å². The predicted octanol–water partition coefficient (Wildman–Crippen LogP) is 3.36. The van der Waals surface area contributed by atoms with Crippen LogP contribution >= 0.6 is 0 Å². The van der Waals surface area contributed by atoms with Gasteiger partial charge in [0.2, 0.25) is 0 Å². The second kappa shape index (κ2) is 6.91. The van der Waals surface area contributed by atoms with Gasteiger partial charge in [-0.05, 0) is 55.5 Å². The van der Waals surface area contributed by atoms with Gasteiger partial charge in [0.05, 0.1) is 0 Å². The number of benzene rings is 1. The molecule has 0 spiro atoms. The summed E-state index contributed by atoms with van der Waals surface area (Å²) in [4.78, 5) is 0. The van der Waals surface area contributed by atoms with E-state index >= 15 is 0 Å². The standard InChI is InChI=1S/C16H28N2/c1-11(2)14-7-6-13(4)15(9-14)16(18-5)8-12(3)10-17/h6-7,9,11-12,16,18H,8,10,17H2,1-5H3. The zero-order chi connectivity index (χ0) is 13.7. The minimum Gasteiger partial charge on any atom is -0.330 e. The lowest BCUT2D eigenvalue weighted by molar-refractivity contribution is 0.436. The van der Waals surface area contributed by atoms with Gasteiger partial charge in [0, 0.05) is 6.04 Å². The quantitative estimate of drug-likeness (QED) is 0.810. The average molecular weight is 248 g/mol. The van der Waals surface area contributed by atoms with Gasteiger partial charge in [-0.1, -0.05) is 39.0 Å². The minimum absolute atomic E-state index is 0.405. The molecule has 0 aliphatic rings. The Hall–Kier alpha value is -0.860. The van der Waals surface area contributed by atoms with E-state index < -0.39 is 0 Å². The Morgan fingerprint density at radius 1 is 1.22 bits per heavy atom. The molecular weight excluding hydrogens is 220 g/mol. The summed E-state index contributed by atoms with van der Waals surface area (Å²) in [6, 6.07) is 7.23. The lowest BCUT2D eigenvalue weighted by Gasteiger charge is -2.23. The van der Waals surface area contributed by atoms with Crippen molar-refractivity contribution in [2.24, 2.45) is 11.7 Å². The topological polar surface area (TPSA) is 38.0 Å². The van der Waals surface area contributed by atoms with E-state index in [1.165, 1.54) is 16.7 Å². The monoisotopic (exact) mass is 248 g/mol. The first kappa shape index (κ1) is 15.2. The molecule has 0 bridgehead atoms. The van der Waals surface area contributed by atoms with Crippen LogP contribution in [0.4, 0.5) is 0 Å². The fourth-order valence-corrected chi connectivity index (χ4v) is 2.29. The van der Waals surface area contributed by atoms with Gasteiger partial charge in [-0.15, -0.1) is 0 Å². The second-order valence-corrected chi connectivity index (χ2v) is 5.69. The average Bonchev–Trinajstić information content (AvgIpc) is 2.36. The van der Waals surface area contributed by atoms with Crippen molar-refractivity contribution in [1.82, 2.24) is 5.32 Å². The summed E-state index contributed by atoms with van der Waals surface area (Å²) in [5.74, 6) is 1.12. The molecule has 18 heavy (non-hydrogen) atoms. The first-order valence-corrected chi connectivity index (χ1v) is 6.97. The molecule has 2 unspecified atom stereocenters. The highest BCUT2D eigenvalue weighted by molar-refractivity contribution is 5.35. The highest BCUT2D eigenvalue weighted by atomic mass is 14.9. The Morgan fingerprint density at radius 2 is 1.89 bits per heavy atom. The second-order valence-electron chi connectivity index (χ2n) is 5.69. The smallest absolute Gasteiger partial charge is 0.0323 e. The number of hydrogen-bond donors (Lipinski definition) is 2. The minimum atomic E-state index is 0.405. The largest absolute Gasteiger partial charge is 0.330 e. The molecule has 0 radical (unpaired) electrons. The van der Waals surface area contributed by atoms with Gasteiger partial charge in [-0.2, -0.15) is 0 Å². The molecule has 0 fully saturated rings. The van der Waals surface area contributed by atoms with E-state index in [0.717, 1.165) is 13.0 Å². The molecule has 0 aromatic heterocycles. The molecule has 0 aliphatic carbocycles. The van der Waals surface area contributed by atoms with Gasteiger partial charge in [0.25, 0.3) is 0 Å². The van der Waals surface area contributed by atoms with E-state index in [9.17, 15) is 0 Å². The zero-order valence-electron chi connectivity index (χ0n) is 12.5. The molecule has 0 saturated heterocycles. The lowest BCUT2D eigenvalue weighted by Crippen LogP contribution is -2.23. The van der Waals surface area contributed by atoms with Crippen molar-refractivity contribution in [3.05, 3.63) is 34.9 Å². The van der Waals surface area contributed by atoms with E-state index in [1.807, 2.05) is 7.05 Å². The lowest BCUT2D eigenvalue weighted by atomic mass is 9.90. The molecule has 1 aromatic rings. The highest BCUT2D eigenvalue weighted by Crippen LogP contribution is 2.27. The van der Waals surface area contributed by atoms with Gasteiger partial charge < -0.3 is 11.1 Å². The van der Waals surface area contributed by atoms with Crippen LogP contribution in [0.1, 0.15) is 55.8 Å². The van der Waals surface area contributed by atoms with Crippen molar-refractivity contribution in [3.8, 4) is 0 Å². The number of nitrogens with one attached hydrogen (secondary N) is 1. The summed E-state index contributed by atoms with van der Waals surface area (Å²) in [7, 11) is 2.04. The number of rotatable bonds is 6. The fraction of sp³-hybridized carbons (Fsp3) is 0.625. The normalized spacial score (nSPS) is 14.8. The fourth-order valence-electron chi connectivity index (χ4n) is 2.29. The number of hydrogen-bond acceptors (Lipinski definition) is 2. The summed E-state index contributed by atoms with van der Waals surface area (Å²) in [5, 5.41) is 3.43. The van der Waals surface area contributed by atoms with Gasteiger partial charge in [0.15, 0.2) is 0 Å². The maximum Gasteiger partial charge on any atom is 0.0323 e. The molecular formula is C16H28N2. The van der Waals surface area contributed by atoms with Crippen molar-refractivity contribution in [2.75, 3.05) is 13.6 Å². The Balaban J connectivity index is 3.00. The molecule has 3 N–H and O–H groups in total. The first-order chi connectivity index (χ1) is 8.49. The summed E-state index contributed by atoms with van der Waals surface area (Å²) in [6.07, 6.45) is 1.09. The molecule has 0 saturated carbocycles. The van der Waals surface area contributed by atoms with E-state index in [4.69, 9.17) is 5.73 Å². The van der Waals surface area contributed by atoms with Gasteiger partial charge in [0.1, 0.15) is 0 Å². The number of aryl methyl sites for hydroxylation is 1. The Kier molecular flexibility index (Phi) is 5.83. The maximum absolute atomic E-state index is 5.74. The van der Waals surface area contributed by atoms with Crippen LogP contribution in [0.2, 0.25) is 0 Å². The summed E-state index contributed by atoms with van der Waals surface area (Å²) < 4.78 is 0. The van der Waals surface area contributed by atoms with Crippen LogP contribution in [0.5, 0.6) is 0 Å². The van der Waals surface area contributed by atoms with Gasteiger partial charge >= 0.3 is 0 Å². The molecule has 2 heteroatoms. The Morgan fingerprint density at radius 3 is 2.39 bits per heavy atom. The molecule has 1 aromatic carbocycles. The van der Waals surface area contributed by atoms with E-state index in [-0.39, 0.29) is 0 Å². The van der Waals surface area contributed by atoms with Crippen molar-refractivity contribution in [2.45, 2.75) is 46.1 Å². The molecule has 0 amide bonds. The zero-order valence-corrected chi connectivity index (χ0v) is 12.5. The van der Waals surface area contributed by atoms with Crippen molar-refractivity contribution in [3.63, 3.8) is 0 Å². The van der Waals surface area contributed by atoms with Crippen LogP contribution < -0.4 is 11.1 Å². The van der Waals surface area contributed by atoms with E-state index in [0.29, 0.717) is 17.9 Å². The molecule has 0 aliphatic heterocycles. The van der Waals surface area contributed by atoms with Crippen LogP contribution in [0.3, 0.4) is 0 Å². The molecule has 0 heterocycles. The van der Waals surface area contributed by atoms with E-state index in [2.05, 4.69) is 51.2 Å². The SMILES string of the molecule is CNC(CC(C)CN)c1cc(C(C)C)ccc1C. The van der Waals surface area contributed by atoms with Crippen LogP contribution in [0, 0.1) is 12.8 Å². The molecule has 2 nitrogen and oxygen atoms in total. The van der Waals surface area contributed by atoms with Crippen molar-refractivity contribution < 1.29 is 0 Å². The van der Waals surface area contributed by atoms with Crippen molar-refractivity contribution in [1.29, 1.82) is 0 Å². The Bertz CT molecular complexity index is 371. The third-order valence-electron chi connectivity index (χ3n) is 3.73. The predicted molar refractivity (Wildman–Crippen MR) is 79.9 cm³/mol. The van der Waals surface area contributed by atoms with Crippen LogP contribution in [0.25, 0.3) is 0 Å². The highest BCUT2D eigenvalue weighted by Gasteiger charge is 2.15. The van der Waals surface area contributed by atoms with Crippen LogP contribution in [-0.4, -0.2) is 13.6 Å². The molecule has 1 rings (SSSR count). The molecule has 2 atom stereocenters. The molecule has 102 valence electrons. The maximum atomic E-state index is 5.74. The van der Waals surface area contributed by atoms with Crippen LogP contribution in [0.15, 0.2) is 18.2 Å².